The molecule has 0 spiro atoms. The number of para-hydroxylation sites is 2. The first-order valence-corrected chi connectivity index (χ1v) is 15.8. The Morgan fingerprint density at radius 1 is 0.306 bits per heavy atom. The third-order valence-corrected chi connectivity index (χ3v) is 8.07. The molecule has 7 nitrogen and oxygen atoms in total. The zero-order chi connectivity index (χ0) is 32.8. The van der Waals surface area contributed by atoms with Gasteiger partial charge in [0.25, 0.3) is 0 Å². The van der Waals surface area contributed by atoms with Crippen LogP contribution in [0.15, 0.2) is 170 Å². The minimum atomic E-state index is 0.605. The van der Waals surface area contributed by atoms with Gasteiger partial charge >= 0.3 is 0 Å². The van der Waals surface area contributed by atoms with E-state index in [4.69, 9.17) is 14.7 Å². The normalized spacial score (nSPS) is 10.9. The molecule has 0 atom stereocenters. The first-order chi connectivity index (χ1) is 24.3. The van der Waals surface area contributed by atoms with Crippen LogP contribution in [0.2, 0.25) is 0 Å². The second-order valence-corrected chi connectivity index (χ2v) is 11.3. The van der Waals surface area contributed by atoms with E-state index in [-0.39, 0.29) is 0 Å². The monoisotopic (exact) mass is 632 g/mol. The van der Waals surface area contributed by atoms with Crippen LogP contribution in [0.4, 0.5) is 0 Å². The van der Waals surface area contributed by atoms with Gasteiger partial charge in [0.15, 0.2) is 23.3 Å². The van der Waals surface area contributed by atoms with Crippen molar-refractivity contribution in [3.05, 3.63) is 170 Å². The average Bonchev–Trinajstić information content (AvgIpc) is 3.19. The van der Waals surface area contributed by atoms with Crippen molar-refractivity contribution >= 4 is 0 Å². The minimum absolute atomic E-state index is 0.605. The van der Waals surface area contributed by atoms with Gasteiger partial charge in [0, 0.05) is 33.4 Å². The Kier molecular flexibility index (Phi) is 8.12. The quantitative estimate of drug-likeness (QED) is 0.165. The maximum atomic E-state index is 6.71. The highest BCUT2D eigenvalue weighted by atomic mass is 16.5. The van der Waals surface area contributed by atoms with Crippen molar-refractivity contribution in [1.82, 2.24) is 29.9 Å². The molecule has 0 saturated heterocycles. The van der Waals surface area contributed by atoms with Crippen molar-refractivity contribution in [1.29, 1.82) is 0 Å². The molecule has 7 heteroatoms. The Morgan fingerprint density at radius 3 is 1.10 bits per heavy atom. The second-order valence-electron chi connectivity index (χ2n) is 11.3. The van der Waals surface area contributed by atoms with Crippen LogP contribution in [0.1, 0.15) is 0 Å². The molecular weight excluding hydrogens is 605 g/mol. The molecule has 0 unspecified atom stereocenters. The number of rotatable bonds is 8. The Balaban J connectivity index is 1.11. The van der Waals surface area contributed by atoms with Crippen molar-refractivity contribution < 1.29 is 4.74 Å². The van der Waals surface area contributed by atoms with E-state index in [1.165, 1.54) is 0 Å². The van der Waals surface area contributed by atoms with Gasteiger partial charge in [-0.3, -0.25) is 0 Å². The maximum absolute atomic E-state index is 6.71. The zero-order valence-corrected chi connectivity index (χ0v) is 26.3. The molecule has 0 aliphatic heterocycles. The van der Waals surface area contributed by atoms with Gasteiger partial charge in [-0.05, 0) is 35.4 Å². The number of hydrogen-bond donors (Lipinski definition) is 0. The molecule has 2 heterocycles. The van der Waals surface area contributed by atoms with E-state index in [0.717, 1.165) is 56.0 Å². The van der Waals surface area contributed by atoms with Gasteiger partial charge < -0.3 is 4.74 Å². The summed E-state index contributed by atoms with van der Waals surface area (Å²) in [6, 6.07) is 52.2. The summed E-state index contributed by atoms with van der Waals surface area (Å²) in [7, 11) is 0. The lowest BCUT2D eigenvalue weighted by atomic mass is 10.0. The Hall–Kier alpha value is -6.86. The van der Waals surface area contributed by atoms with Gasteiger partial charge in [0.2, 0.25) is 0 Å². The standard InChI is InChI=1S/C42H28N6O/c1-3-13-29(14-4-1)39-43-27-45-41(47-39)33-19-11-17-31(25-33)35-21-7-9-23-37(35)49-38-24-10-8-22-36(38)32-18-12-20-34(26-32)42-46-28-44-40(48-42)30-15-5-2-6-16-30/h1-28H. The van der Waals surface area contributed by atoms with Gasteiger partial charge in [-0.2, -0.15) is 0 Å². The van der Waals surface area contributed by atoms with E-state index < -0.39 is 0 Å². The van der Waals surface area contributed by atoms with Crippen molar-refractivity contribution in [3.8, 4) is 79.3 Å². The van der Waals surface area contributed by atoms with Crippen molar-refractivity contribution in [2.75, 3.05) is 0 Å². The first-order valence-electron chi connectivity index (χ1n) is 15.8. The van der Waals surface area contributed by atoms with E-state index in [2.05, 4.69) is 56.3 Å². The predicted octanol–water partition coefficient (Wildman–Crippen LogP) is 9.85. The van der Waals surface area contributed by atoms with E-state index in [9.17, 15) is 0 Å². The fourth-order valence-corrected chi connectivity index (χ4v) is 5.68. The van der Waals surface area contributed by atoms with Gasteiger partial charge in [0.1, 0.15) is 24.2 Å². The van der Waals surface area contributed by atoms with Crippen molar-refractivity contribution in [3.63, 3.8) is 0 Å². The van der Waals surface area contributed by atoms with Crippen molar-refractivity contribution in [2.24, 2.45) is 0 Å². The molecule has 0 amide bonds. The third-order valence-electron chi connectivity index (χ3n) is 8.07. The molecule has 0 aliphatic carbocycles. The highest BCUT2D eigenvalue weighted by Crippen LogP contribution is 2.39. The molecule has 0 N–H and O–H groups in total. The lowest BCUT2D eigenvalue weighted by Gasteiger charge is -2.15. The Morgan fingerprint density at radius 2 is 0.653 bits per heavy atom. The number of hydrogen-bond acceptors (Lipinski definition) is 7. The molecule has 8 rings (SSSR count). The molecule has 49 heavy (non-hydrogen) atoms. The largest absolute Gasteiger partial charge is 0.456 e. The molecule has 0 saturated carbocycles. The number of benzene rings is 6. The summed E-state index contributed by atoms with van der Waals surface area (Å²) >= 11 is 0. The summed E-state index contributed by atoms with van der Waals surface area (Å²) in [4.78, 5) is 27.3. The SMILES string of the molecule is c1ccc(-c2ncnc(-c3cccc(-c4ccccc4Oc4ccccc4-c4cccc(-c5ncnc(-c6ccccc6)n5)c4)c3)n2)cc1. The number of aromatic nitrogens is 6. The number of ether oxygens (including phenoxy) is 1. The molecule has 0 bridgehead atoms. The highest BCUT2D eigenvalue weighted by molar-refractivity contribution is 5.78. The summed E-state index contributed by atoms with van der Waals surface area (Å²) in [5.74, 6) is 3.93. The summed E-state index contributed by atoms with van der Waals surface area (Å²) in [6.07, 6.45) is 3.12. The molecule has 8 aromatic rings. The molecule has 0 radical (unpaired) electrons. The molecule has 2 aromatic heterocycles. The van der Waals surface area contributed by atoms with E-state index >= 15 is 0 Å². The van der Waals surface area contributed by atoms with Crippen LogP contribution in [-0.4, -0.2) is 29.9 Å². The first kappa shape index (κ1) is 29.5. The van der Waals surface area contributed by atoms with E-state index in [1.54, 1.807) is 12.7 Å². The molecule has 232 valence electrons. The van der Waals surface area contributed by atoms with Gasteiger partial charge in [0.05, 0.1) is 0 Å². The lowest BCUT2D eigenvalue weighted by molar-refractivity contribution is 0.486. The fourth-order valence-electron chi connectivity index (χ4n) is 5.68. The smallest absolute Gasteiger partial charge is 0.163 e. The van der Waals surface area contributed by atoms with Crippen molar-refractivity contribution in [2.45, 2.75) is 0 Å². The molecular formula is C42H28N6O. The van der Waals surface area contributed by atoms with Crippen LogP contribution in [-0.2, 0) is 0 Å². The zero-order valence-electron chi connectivity index (χ0n) is 26.3. The summed E-state index contributed by atoms with van der Waals surface area (Å²) in [5.41, 5.74) is 7.52. The fraction of sp³-hybridized carbons (Fsp3) is 0. The van der Waals surface area contributed by atoms with Crippen LogP contribution in [0.3, 0.4) is 0 Å². The third kappa shape index (κ3) is 6.41. The van der Waals surface area contributed by atoms with Gasteiger partial charge in [-0.25, -0.2) is 29.9 Å². The van der Waals surface area contributed by atoms with E-state index in [1.807, 2.05) is 121 Å². The highest BCUT2D eigenvalue weighted by Gasteiger charge is 2.14. The molecule has 6 aromatic carbocycles. The average molecular weight is 633 g/mol. The Labute approximate surface area is 283 Å². The van der Waals surface area contributed by atoms with Crippen LogP contribution < -0.4 is 4.74 Å². The van der Waals surface area contributed by atoms with Crippen LogP contribution in [0.25, 0.3) is 67.8 Å². The molecule has 0 aliphatic rings. The van der Waals surface area contributed by atoms with Crippen LogP contribution in [0, 0.1) is 0 Å². The topological polar surface area (TPSA) is 86.6 Å². The number of nitrogens with zero attached hydrogens (tertiary/aromatic N) is 6. The summed E-state index contributed by atoms with van der Waals surface area (Å²) in [6.45, 7) is 0. The lowest BCUT2D eigenvalue weighted by Crippen LogP contribution is -1.96. The van der Waals surface area contributed by atoms with Crippen LogP contribution >= 0.6 is 0 Å². The maximum Gasteiger partial charge on any atom is 0.163 e. The van der Waals surface area contributed by atoms with Crippen LogP contribution in [0.5, 0.6) is 11.5 Å². The van der Waals surface area contributed by atoms with Gasteiger partial charge in [-0.1, -0.05) is 133 Å². The Bertz CT molecular complexity index is 2210. The van der Waals surface area contributed by atoms with Gasteiger partial charge in [-0.15, -0.1) is 0 Å². The second kappa shape index (κ2) is 13.5. The minimum Gasteiger partial charge on any atom is -0.456 e. The summed E-state index contributed by atoms with van der Waals surface area (Å²) in [5, 5.41) is 0. The van der Waals surface area contributed by atoms with E-state index in [0.29, 0.717) is 23.3 Å². The summed E-state index contributed by atoms with van der Waals surface area (Å²) < 4.78 is 6.71. The molecule has 0 fully saturated rings. The predicted molar refractivity (Wildman–Crippen MR) is 192 cm³/mol.